The van der Waals surface area contributed by atoms with Crippen LogP contribution in [0.5, 0.6) is 11.5 Å². The van der Waals surface area contributed by atoms with Crippen LogP contribution < -0.4 is 9.47 Å². The molecule has 15 rings (SSSR count). The van der Waals surface area contributed by atoms with Crippen LogP contribution in [0, 0.1) is 0 Å². The number of hydrogen-bond acceptors (Lipinski definition) is 6. The second-order valence-corrected chi connectivity index (χ2v) is 29.8. The van der Waals surface area contributed by atoms with Crippen LogP contribution in [0.2, 0.25) is 0 Å². The van der Waals surface area contributed by atoms with Crippen molar-refractivity contribution in [1.29, 1.82) is 0 Å². The fourth-order valence-corrected chi connectivity index (χ4v) is 13.4. The Balaban J connectivity index is 1.14. The number of fused-ring (bicyclic) bond motifs is 23. The second kappa shape index (κ2) is 22.8. The molecule has 4 aromatic carbocycles. The van der Waals surface area contributed by atoms with Crippen molar-refractivity contribution in [2.45, 2.75) is 118 Å². The fraction of sp³-hybridized carbons (Fsp3) is 0.238. The number of aromatic nitrogens is 8. The van der Waals surface area contributed by atoms with Gasteiger partial charge in [-0.3, -0.25) is 0 Å². The van der Waals surface area contributed by atoms with Crippen LogP contribution >= 0.6 is 0 Å². The van der Waals surface area contributed by atoms with Gasteiger partial charge in [0.2, 0.25) is 0 Å². The van der Waals surface area contributed by atoms with E-state index in [0.717, 1.165) is 170 Å². The van der Waals surface area contributed by atoms with Gasteiger partial charge in [0, 0.05) is 77.5 Å². The quantitative estimate of drug-likeness (QED) is 0.136. The molecule has 0 saturated carbocycles. The van der Waals surface area contributed by atoms with Gasteiger partial charge in [0.15, 0.2) is 0 Å². The van der Waals surface area contributed by atoms with Gasteiger partial charge in [-0.1, -0.05) is 144 Å². The zero-order valence-electron chi connectivity index (χ0n) is 55.9. The Morgan fingerprint density at radius 3 is 0.968 bits per heavy atom. The molecule has 0 saturated heterocycles. The van der Waals surface area contributed by atoms with Gasteiger partial charge in [-0.25, -0.2) is 19.9 Å². The summed E-state index contributed by atoms with van der Waals surface area (Å²) in [6.45, 7) is 28.6. The molecule has 0 amide bonds. The molecular formula is C84H80N8O2. The summed E-state index contributed by atoms with van der Waals surface area (Å²) in [5, 5.41) is 0. The molecule has 24 bridgehead atoms. The molecule has 5 aliphatic rings. The van der Waals surface area contributed by atoms with Crippen LogP contribution in [0.25, 0.3) is 148 Å². The Morgan fingerprint density at radius 1 is 0.287 bits per heavy atom. The van der Waals surface area contributed by atoms with E-state index in [2.05, 4.69) is 285 Å². The molecule has 5 aliphatic heterocycles. The minimum atomic E-state index is -0.140. The highest BCUT2D eigenvalue weighted by molar-refractivity contribution is 6.05. The molecule has 0 radical (unpaired) electrons. The van der Waals surface area contributed by atoms with Crippen LogP contribution in [-0.2, 0) is 21.7 Å². The highest BCUT2D eigenvalue weighted by atomic mass is 16.5. The van der Waals surface area contributed by atoms with Crippen molar-refractivity contribution in [1.82, 2.24) is 39.9 Å². The molecule has 10 heteroatoms. The van der Waals surface area contributed by atoms with Gasteiger partial charge >= 0.3 is 0 Å². The largest absolute Gasteiger partial charge is 0.494 e. The fourth-order valence-electron chi connectivity index (χ4n) is 13.4. The third-order valence-electron chi connectivity index (χ3n) is 18.6. The summed E-state index contributed by atoms with van der Waals surface area (Å²) < 4.78 is 13.1. The van der Waals surface area contributed by atoms with E-state index in [-0.39, 0.29) is 21.7 Å². The number of H-pyrrole nitrogens is 4. The van der Waals surface area contributed by atoms with E-state index >= 15 is 0 Å². The summed E-state index contributed by atoms with van der Waals surface area (Å²) in [7, 11) is 0. The maximum atomic E-state index is 6.58. The first-order chi connectivity index (χ1) is 45.0. The van der Waals surface area contributed by atoms with Crippen LogP contribution in [0.3, 0.4) is 0 Å². The Morgan fingerprint density at radius 2 is 0.596 bits per heavy atom. The monoisotopic (exact) mass is 1230 g/mol. The molecular weight excluding hydrogens is 1150 g/mol. The third kappa shape index (κ3) is 11.5. The van der Waals surface area contributed by atoms with Crippen molar-refractivity contribution in [3.63, 3.8) is 0 Å². The number of benzene rings is 4. The van der Waals surface area contributed by atoms with Gasteiger partial charge in [-0.15, -0.1) is 0 Å². The molecule has 11 heterocycles. The van der Waals surface area contributed by atoms with Gasteiger partial charge in [-0.05, 0) is 213 Å². The summed E-state index contributed by atoms with van der Waals surface area (Å²) in [6.07, 6.45) is 18.9. The Labute approximate surface area is 550 Å². The smallest absolute Gasteiger partial charge is 0.119 e. The number of hydrogen-bond donors (Lipinski definition) is 4. The molecule has 0 atom stereocenters. The van der Waals surface area contributed by atoms with Crippen LogP contribution in [0.4, 0.5) is 0 Å². The molecule has 10 nitrogen and oxygen atoms in total. The van der Waals surface area contributed by atoms with E-state index in [1.165, 1.54) is 22.3 Å². The minimum Gasteiger partial charge on any atom is -0.494 e. The topological polar surface area (TPSA) is 133 Å². The summed E-state index contributed by atoms with van der Waals surface area (Å²) in [6, 6.07) is 52.7. The first-order valence-corrected chi connectivity index (χ1v) is 33.1. The van der Waals surface area contributed by atoms with Crippen molar-refractivity contribution in [3.8, 4) is 67.1 Å². The average Bonchev–Trinajstić information content (AvgIpc) is 1.55. The molecule has 10 aromatic rings. The third-order valence-corrected chi connectivity index (χ3v) is 18.6. The van der Waals surface area contributed by atoms with Gasteiger partial charge in [0.1, 0.15) is 11.5 Å². The molecule has 468 valence electrons. The van der Waals surface area contributed by atoms with Crippen molar-refractivity contribution in [2.75, 3.05) is 13.2 Å². The van der Waals surface area contributed by atoms with Crippen molar-refractivity contribution < 1.29 is 9.47 Å². The van der Waals surface area contributed by atoms with E-state index in [1.54, 1.807) is 0 Å². The minimum absolute atomic E-state index is 0.140. The lowest BCUT2D eigenvalue weighted by atomic mass is 9.78. The predicted octanol–water partition coefficient (Wildman–Crippen LogP) is 21.7. The molecule has 6 aromatic heterocycles. The van der Waals surface area contributed by atoms with E-state index < -0.39 is 0 Å². The lowest BCUT2D eigenvalue weighted by molar-refractivity contribution is 0.266. The van der Waals surface area contributed by atoms with Crippen molar-refractivity contribution in [3.05, 3.63) is 213 Å². The van der Waals surface area contributed by atoms with Crippen LogP contribution in [0.15, 0.2) is 146 Å². The standard InChI is InChI=1S/C84H80N8O2/c1-81(2,3)53-39-51(40-54(45-53)82(4,5)6)77-65-27-23-59(87-65)47-57-21-25-63(85-57)75-49-17-15-19-61(43-49)93-37-13-14-38-94-62-20-16-18-50(44-62)76-64-26-22-58(86-64)48-60-24-28-66(88-60)78(52-41-55(83(7,8)9)46-56(42-52)84(10,11)12)70-32-36-74(92-70)80(72-34-30-68(76)90-72)79(71-33-29-67(75)89-71)73-35-31-69(77)91-73/h15-36,39-48,85,88,90-91H,13-14,37-38H2,1-12H3. The molecule has 0 unspecified atom stereocenters. The number of ether oxygens (including phenoxy) is 2. The van der Waals surface area contributed by atoms with Gasteiger partial charge in [0.05, 0.1) is 58.8 Å². The first-order valence-electron chi connectivity index (χ1n) is 33.1. The van der Waals surface area contributed by atoms with Crippen molar-refractivity contribution in [2.24, 2.45) is 0 Å². The molecule has 94 heavy (non-hydrogen) atoms. The molecule has 0 spiro atoms. The molecule has 4 N–H and O–H groups in total. The SMILES string of the molecule is CC(C)(C)c1cc(-c2c3nc(c4c5ccc([nH]5)c(c5nc(cc6ccc2[nH]6)C=C5)-c2cccc(c2)OCCCCOc2cccc(c2)-c2c5nc(c-4c4ccc([nH]4)c(-c4cc(C(C)(C)C)cc(C(C)(C)C)c4)c4nc(cc6ccc2[nH]6)C=C4)C=C5)C=C3)cc(C(C)(C)C)c1. The van der Waals surface area contributed by atoms with E-state index in [0.29, 0.717) is 13.2 Å². The molecule has 0 aliphatic carbocycles. The van der Waals surface area contributed by atoms with E-state index in [9.17, 15) is 0 Å². The second-order valence-electron chi connectivity index (χ2n) is 29.8. The normalized spacial score (nSPS) is 14.0. The zero-order chi connectivity index (χ0) is 65.0. The number of nitrogens with one attached hydrogen (secondary N) is 4. The van der Waals surface area contributed by atoms with Gasteiger partial charge in [-0.2, -0.15) is 0 Å². The van der Waals surface area contributed by atoms with Gasteiger partial charge in [0.25, 0.3) is 0 Å². The average molecular weight is 1230 g/mol. The Bertz CT molecular complexity index is 5080. The number of aromatic amines is 4. The van der Waals surface area contributed by atoms with Gasteiger partial charge < -0.3 is 29.4 Å². The van der Waals surface area contributed by atoms with Crippen LogP contribution in [0.1, 0.15) is 164 Å². The predicted molar refractivity (Wildman–Crippen MR) is 393 cm³/mol. The van der Waals surface area contributed by atoms with E-state index in [4.69, 9.17) is 29.4 Å². The maximum absolute atomic E-state index is 6.58. The Kier molecular flexibility index (Phi) is 14.5. The summed E-state index contributed by atoms with van der Waals surface area (Å²) >= 11 is 0. The van der Waals surface area contributed by atoms with E-state index in [1.807, 2.05) is 12.1 Å². The lowest BCUT2D eigenvalue weighted by Gasteiger charge is -2.26. The first kappa shape index (κ1) is 60.0. The number of rotatable bonds is 2. The summed E-state index contributed by atoms with van der Waals surface area (Å²) in [5.74, 6) is 1.56. The van der Waals surface area contributed by atoms with Crippen molar-refractivity contribution >= 4 is 92.7 Å². The summed E-state index contributed by atoms with van der Waals surface area (Å²) in [4.78, 5) is 38.6. The summed E-state index contributed by atoms with van der Waals surface area (Å²) in [5.41, 5.74) is 27.8. The highest BCUT2D eigenvalue weighted by Gasteiger charge is 2.28. The number of nitrogens with zero attached hydrogens (tertiary/aromatic N) is 4. The molecule has 0 fully saturated rings. The maximum Gasteiger partial charge on any atom is 0.119 e. The zero-order valence-corrected chi connectivity index (χ0v) is 55.9. The lowest BCUT2D eigenvalue weighted by Crippen LogP contribution is -2.16. The highest BCUT2D eigenvalue weighted by Crippen LogP contribution is 2.45. The Hall–Kier alpha value is -10.3. The van der Waals surface area contributed by atoms with Crippen LogP contribution in [-0.4, -0.2) is 53.1 Å².